The molecule has 0 amide bonds. The van der Waals surface area contributed by atoms with Gasteiger partial charge in [0.1, 0.15) is 10.7 Å². The Labute approximate surface area is 115 Å². The number of aromatic amines is 1. The smallest absolute Gasteiger partial charge is 0.264 e. The van der Waals surface area contributed by atoms with Crippen molar-refractivity contribution in [3.8, 4) is 0 Å². The minimum atomic E-state index is -3.62. The van der Waals surface area contributed by atoms with E-state index >= 15 is 0 Å². The Morgan fingerprint density at radius 3 is 2.59 bits per heavy atom. The van der Waals surface area contributed by atoms with Gasteiger partial charge >= 0.3 is 0 Å². The molecular formula is C9H7Br2N3O2S. The number of aromatic nitrogens is 2. The highest BCUT2D eigenvalue weighted by molar-refractivity contribution is 9.11. The van der Waals surface area contributed by atoms with E-state index in [1.165, 1.54) is 18.3 Å². The predicted octanol–water partition coefficient (Wildman–Crippen LogP) is 2.74. The Balaban J connectivity index is 2.38. The van der Waals surface area contributed by atoms with Gasteiger partial charge in [-0.15, -0.1) is 0 Å². The van der Waals surface area contributed by atoms with Crippen LogP contribution in [0.3, 0.4) is 0 Å². The van der Waals surface area contributed by atoms with Crippen LogP contribution in [0.25, 0.3) is 0 Å². The molecule has 1 aromatic heterocycles. The second kappa shape index (κ2) is 4.79. The molecule has 1 heterocycles. The molecule has 8 heteroatoms. The first-order valence-electron chi connectivity index (χ1n) is 4.46. The number of anilines is 1. The summed E-state index contributed by atoms with van der Waals surface area (Å²) in [6.45, 7) is 0. The zero-order chi connectivity index (χ0) is 12.5. The molecule has 0 saturated heterocycles. The number of hydrogen-bond donors (Lipinski definition) is 2. The number of halogens is 2. The third-order valence-corrected chi connectivity index (χ3v) is 4.76. The second-order valence-corrected chi connectivity index (χ2v) is 6.57. The van der Waals surface area contributed by atoms with Crippen molar-refractivity contribution in [1.29, 1.82) is 0 Å². The normalized spacial score (nSPS) is 11.4. The van der Waals surface area contributed by atoms with Gasteiger partial charge < -0.3 is 0 Å². The fourth-order valence-electron chi connectivity index (χ4n) is 1.21. The van der Waals surface area contributed by atoms with Crippen molar-refractivity contribution in [3.63, 3.8) is 0 Å². The largest absolute Gasteiger partial charge is 0.264 e. The van der Waals surface area contributed by atoms with E-state index < -0.39 is 10.0 Å². The summed E-state index contributed by atoms with van der Waals surface area (Å²) < 4.78 is 27.7. The molecule has 0 aliphatic carbocycles. The Morgan fingerprint density at radius 1 is 1.24 bits per heavy atom. The molecule has 0 radical (unpaired) electrons. The third-order valence-electron chi connectivity index (χ3n) is 1.93. The summed E-state index contributed by atoms with van der Waals surface area (Å²) in [4.78, 5) is 0.162. The van der Waals surface area contributed by atoms with Crippen molar-refractivity contribution in [2.24, 2.45) is 0 Å². The lowest BCUT2D eigenvalue weighted by Crippen LogP contribution is -2.13. The van der Waals surface area contributed by atoms with E-state index in [0.29, 0.717) is 10.3 Å². The van der Waals surface area contributed by atoms with E-state index in [1.54, 1.807) is 12.1 Å². The first kappa shape index (κ1) is 12.6. The van der Waals surface area contributed by atoms with E-state index in [2.05, 4.69) is 46.8 Å². The van der Waals surface area contributed by atoms with E-state index in [1.807, 2.05) is 0 Å². The van der Waals surface area contributed by atoms with Gasteiger partial charge in [0.25, 0.3) is 10.0 Å². The molecule has 0 saturated carbocycles. The summed E-state index contributed by atoms with van der Waals surface area (Å²) in [6.07, 6.45) is 1.47. The van der Waals surface area contributed by atoms with Crippen LogP contribution in [0.4, 0.5) is 5.82 Å². The van der Waals surface area contributed by atoms with Crippen molar-refractivity contribution < 1.29 is 8.42 Å². The highest BCUT2D eigenvalue weighted by Crippen LogP contribution is 2.26. The number of rotatable bonds is 3. The van der Waals surface area contributed by atoms with Crippen LogP contribution in [0.1, 0.15) is 0 Å². The van der Waals surface area contributed by atoms with Crippen LogP contribution in [-0.2, 0) is 10.0 Å². The Morgan fingerprint density at radius 2 is 2.00 bits per heavy atom. The van der Waals surface area contributed by atoms with Gasteiger partial charge in [0.2, 0.25) is 0 Å². The highest BCUT2D eigenvalue weighted by Gasteiger charge is 2.18. The fraction of sp³-hybridized carbons (Fsp3) is 0. The van der Waals surface area contributed by atoms with Crippen LogP contribution in [0, 0.1) is 0 Å². The fourth-order valence-corrected chi connectivity index (χ4v) is 3.97. The minimum Gasteiger partial charge on any atom is -0.264 e. The van der Waals surface area contributed by atoms with Gasteiger partial charge in [-0.1, -0.05) is 15.9 Å². The van der Waals surface area contributed by atoms with Gasteiger partial charge in [0.05, 0.1) is 6.20 Å². The molecule has 0 fully saturated rings. The summed E-state index contributed by atoms with van der Waals surface area (Å²) in [5.41, 5.74) is 0. The molecule has 0 bridgehead atoms. The van der Waals surface area contributed by atoms with Crippen LogP contribution >= 0.6 is 31.9 Å². The number of hydrogen-bond acceptors (Lipinski definition) is 3. The van der Waals surface area contributed by atoms with Crippen LogP contribution in [-0.4, -0.2) is 18.6 Å². The molecule has 0 aliphatic heterocycles. The molecule has 0 unspecified atom stereocenters. The lowest BCUT2D eigenvalue weighted by Gasteiger charge is -2.07. The number of H-pyrrole nitrogens is 1. The van der Waals surface area contributed by atoms with Crippen LogP contribution in [0.2, 0.25) is 0 Å². The third kappa shape index (κ3) is 2.88. The lowest BCUT2D eigenvalue weighted by atomic mass is 10.4. The molecule has 0 atom stereocenters. The molecule has 5 nitrogen and oxygen atoms in total. The second-order valence-electron chi connectivity index (χ2n) is 3.15. The van der Waals surface area contributed by atoms with Gasteiger partial charge in [0, 0.05) is 15.0 Å². The minimum absolute atomic E-state index is 0.162. The molecular weight excluding hydrogens is 374 g/mol. The Bertz CT molecular complexity index is 626. The van der Waals surface area contributed by atoms with Gasteiger partial charge in [-0.05, 0) is 34.1 Å². The maximum Gasteiger partial charge on any atom is 0.264 e. The summed E-state index contributed by atoms with van der Waals surface area (Å²) in [6, 6.07) is 6.37. The van der Waals surface area contributed by atoms with Crippen molar-refractivity contribution in [3.05, 3.63) is 39.4 Å². The topological polar surface area (TPSA) is 74.8 Å². The molecule has 17 heavy (non-hydrogen) atoms. The van der Waals surface area contributed by atoms with Crippen molar-refractivity contribution in [2.45, 2.75) is 4.90 Å². The molecule has 2 rings (SSSR count). The monoisotopic (exact) mass is 379 g/mol. The first-order chi connectivity index (χ1) is 7.99. The molecule has 2 aromatic rings. The lowest BCUT2D eigenvalue weighted by molar-refractivity contribution is 0.600. The van der Waals surface area contributed by atoms with Gasteiger partial charge in [-0.25, -0.2) is 8.42 Å². The summed E-state index contributed by atoms with van der Waals surface area (Å²) in [5, 5.41) is 6.19. The number of nitrogens with zero attached hydrogens (tertiary/aromatic N) is 1. The Hall–Kier alpha value is -0.860. The summed E-state index contributed by atoms with van der Waals surface area (Å²) in [5.74, 6) is 0.319. The molecule has 90 valence electrons. The SMILES string of the molecule is O=S(=O)(Nc1ccn[nH]1)c1ccc(Br)cc1Br. The van der Waals surface area contributed by atoms with Crippen molar-refractivity contribution >= 4 is 47.7 Å². The summed E-state index contributed by atoms with van der Waals surface area (Å²) in [7, 11) is -3.62. The standard InChI is InChI=1S/C9H7Br2N3O2S/c10-6-1-2-8(7(11)5-6)17(15,16)14-9-3-4-12-13-9/h1-5H,(H2,12,13,14). The van der Waals surface area contributed by atoms with E-state index in [4.69, 9.17) is 0 Å². The number of benzene rings is 1. The molecule has 2 N–H and O–H groups in total. The van der Waals surface area contributed by atoms with Crippen LogP contribution < -0.4 is 4.72 Å². The van der Waals surface area contributed by atoms with Crippen molar-refractivity contribution in [1.82, 2.24) is 10.2 Å². The number of sulfonamides is 1. The first-order valence-corrected chi connectivity index (χ1v) is 7.53. The number of nitrogens with one attached hydrogen (secondary N) is 2. The average Bonchev–Trinajstić information content (AvgIpc) is 2.68. The predicted molar refractivity (Wildman–Crippen MR) is 71.2 cm³/mol. The van der Waals surface area contributed by atoms with Crippen molar-refractivity contribution in [2.75, 3.05) is 4.72 Å². The average molecular weight is 381 g/mol. The zero-order valence-electron chi connectivity index (χ0n) is 8.31. The highest BCUT2D eigenvalue weighted by atomic mass is 79.9. The van der Waals surface area contributed by atoms with E-state index in [9.17, 15) is 8.42 Å². The zero-order valence-corrected chi connectivity index (χ0v) is 12.3. The maximum atomic E-state index is 12.0. The maximum absolute atomic E-state index is 12.0. The van der Waals surface area contributed by atoms with E-state index in [0.717, 1.165) is 4.47 Å². The molecule has 0 aliphatic rings. The summed E-state index contributed by atoms with van der Waals surface area (Å²) >= 11 is 6.47. The van der Waals surface area contributed by atoms with Gasteiger partial charge in [0.15, 0.2) is 0 Å². The van der Waals surface area contributed by atoms with Crippen LogP contribution in [0.5, 0.6) is 0 Å². The quantitative estimate of drug-likeness (QED) is 0.859. The molecule has 0 spiro atoms. The van der Waals surface area contributed by atoms with Gasteiger partial charge in [-0.2, -0.15) is 5.10 Å². The van der Waals surface area contributed by atoms with Crippen LogP contribution in [0.15, 0.2) is 44.3 Å². The van der Waals surface area contributed by atoms with Gasteiger partial charge in [-0.3, -0.25) is 9.82 Å². The Kier molecular flexibility index (Phi) is 3.55. The molecule has 1 aromatic carbocycles. The van der Waals surface area contributed by atoms with E-state index in [-0.39, 0.29) is 4.90 Å².